The van der Waals surface area contributed by atoms with Gasteiger partial charge in [-0.3, -0.25) is 0 Å². The maximum absolute atomic E-state index is 5.61. The number of nitrogens with zero attached hydrogens (tertiary/aromatic N) is 4. The van der Waals surface area contributed by atoms with Gasteiger partial charge in [-0.15, -0.1) is 11.6 Å². The molecule has 1 heterocycles. The fourth-order valence-corrected chi connectivity index (χ4v) is 1.98. The molecule has 0 bridgehead atoms. The average molecular weight is 304 g/mol. The summed E-state index contributed by atoms with van der Waals surface area (Å²) in [4.78, 5) is 15.0. The second-order valence-corrected chi connectivity index (χ2v) is 5.03. The van der Waals surface area contributed by atoms with Gasteiger partial charge in [0, 0.05) is 24.1 Å². The number of hydrogen-bond acceptors (Lipinski definition) is 4. The molecule has 0 saturated heterocycles. The standard InChI is InChI=1S/C15H18ClN5/c1-10-8-11(2)19-15(18-10)21(3)13-6-4-12(5-7-13)20-14(17)9-16/h4-8H,9H2,1-3H3,(H2,17,20). The summed E-state index contributed by atoms with van der Waals surface area (Å²) in [6, 6.07) is 9.61. The minimum Gasteiger partial charge on any atom is -0.386 e. The van der Waals surface area contributed by atoms with Crippen molar-refractivity contribution in [2.75, 3.05) is 17.8 Å². The Bertz CT molecular complexity index is 631. The minimum atomic E-state index is 0.220. The first kappa shape index (κ1) is 15.3. The lowest BCUT2D eigenvalue weighted by Gasteiger charge is -2.18. The van der Waals surface area contributed by atoms with Crippen molar-refractivity contribution in [1.29, 1.82) is 0 Å². The van der Waals surface area contributed by atoms with E-state index in [2.05, 4.69) is 15.0 Å². The van der Waals surface area contributed by atoms with Crippen LogP contribution in [0.4, 0.5) is 17.3 Å². The zero-order valence-electron chi connectivity index (χ0n) is 12.3. The number of benzene rings is 1. The molecule has 5 nitrogen and oxygen atoms in total. The monoisotopic (exact) mass is 303 g/mol. The fourth-order valence-electron chi connectivity index (χ4n) is 1.92. The Kier molecular flexibility index (Phi) is 4.75. The molecule has 1 aromatic heterocycles. The highest BCUT2D eigenvalue weighted by Gasteiger charge is 2.08. The zero-order chi connectivity index (χ0) is 15.4. The molecule has 1 aromatic carbocycles. The summed E-state index contributed by atoms with van der Waals surface area (Å²) in [5.41, 5.74) is 9.25. The molecule has 0 aliphatic heterocycles. The second-order valence-electron chi connectivity index (χ2n) is 4.76. The first-order valence-electron chi connectivity index (χ1n) is 6.54. The van der Waals surface area contributed by atoms with E-state index in [1.807, 2.05) is 56.1 Å². The number of rotatable bonds is 4. The van der Waals surface area contributed by atoms with E-state index in [0.29, 0.717) is 11.8 Å². The van der Waals surface area contributed by atoms with Gasteiger partial charge in [0.1, 0.15) is 5.84 Å². The van der Waals surface area contributed by atoms with Crippen molar-refractivity contribution in [2.45, 2.75) is 13.8 Å². The Labute approximate surface area is 129 Å². The summed E-state index contributed by atoms with van der Waals surface area (Å²) >= 11 is 5.61. The fraction of sp³-hybridized carbons (Fsp3) is 0.267. The van der Waals surface area contributed by atoms with Crippen molar-refractivity contribution < 1.29 is 0 Å². The molecule has 0 saturated carbocycles. The van der Waals surface area contributed by atoms with E-state index in [1.165, 1.54) is 0 Å². The summed E-state index contributed by atoms with van der Waals surface area (Å²) in [7, 11) is 1.93. The van der Waals surface area contributed by atoms with Crippen LogP contribution in [0.25, 0.3) is 0 Å². The van der Waals surface area contributed by atoms with Crippen molar-refractivity contribution in [1.82, 2.24) is 9.97 Å². The first-order chi connectivity index (χ1) is 9.99. The summed E-state index contributed by atoms with van der Waals surface area (Å²) in [6.45, 7) is 3.91. The third-order valence-corrected chi connectivity index (χ3v) is 3.19. The number of hydrogen-bond donors (Lipinski definition) is 1. The number of aliphatic imine (C=N–C) groups is 1. The molecule has 0 unspecified atom stereocenters. The molecule has 0 fully saturated rings. The highest BCUT2D eigenvalue weighted by molar-refractivity contribution is 6.28. The zero-order valence-corrected chi connectivity index (χ0v) is 13.1. The molecule has 110 valence electrons. The summed E-state index contributed by atoms with van der Waals surface area (Å²) < 4.78 is 0. The molecule has 2 N–H and O–H groups in total. The Hall–Kier alpha value is -2.14. The maximum Gasteiger partial charge on any atom is 0.230 e. The molecule has 2 rings (SSSR count). The Morgan fingerprint density at radius 1 is 1.19 bits per heavy atom. The van der Waals surface area contributed by atoms with Crippen LogP contribution in [0.3, 0.4) is 0 Å². The number of alkyl halides is 1. The third-order valence-electron chi connectivity index (χ3n) is 2.92. The molecule has 21 heavy (non-hydrogen) atoms. The number of aromatic nitrogens is 2. The van der Waals surface area contributed by atoms with Crippen molar-refractivity contribution in [3.8, 4) is 0 Å². The number of amidine groups is 1. The number of anilines is 2. The number of nitrogens with two attached hydrogens (primary N) is 1. The molecule has 0 aliphatic carbocycles. The summed E-state index contributed by atoms with van der Waals surface area (Å²) in [5, 5.41) is 0. The highest BCUT2D eigenvalue weighted by Crippen LogP contribution is 2.23. The Morgan fingerprint density at radius 3 is 2.29 bits per heavy atom. The summed E-state index contributed by atoms with van der Waals surface area (Å²) in [6.07, 6.45) is 0. The molecule has 0 aliphatic rings. The van der Waals surface area contributed by atoms with Crippen molar-refractivity contribution in [2.24, 2.45) is 10.7 Å². The third kappa shape index (κ3) is 3.92. The smallest absolute Gasteiger partial charge is 0.230 e. The van der Waals surface area contributed by atoms with Crippen molar-refractivity contribution in [3.05, 3.63) is 41.7 Å². The van der Waals surface area contributed by atoms with Crippen LogP contribution in [0.5, 0.6) is 0 Å². The van der Waals surface area contributed by atoms with Gasteiger partial charge in [-0.1, -0.05) is 0 Å². The number of aryl methyl sites for hydroxylation is 2. The van der Waals surface area contributed by atoms with E-state index in [4.69, 9.17) is 17.3 Å². The van der Waals surface area contributed by atoms with E-state index in [9.17, 15) is 0 Å². The van der Waals surface area contributed by atoms with Crippen LogP contribution in [0.2, 0.25) is 0 Å². The van der Waals surface area contributed by atoms with Crippen LogP contribution in [0, 0.1) is 13.8 Å². The molecule has 0 spiro atoms. The van der Waals surface area contributed by atoms with Gasteiger partial charge in [0.25, 0.3) is 0 Å². The number of halogens is 1. The molecular weight excluding hydrogens is 286 g/mol. The summed E-state index contributed by atoms with van der Waals surface area (Å²) in [5.74, 6) is 1.29. The van der Waals surface area contributed by atoms with Gasteiger partial charge >= 0.3 is 0 Å². The van der Waals surface area contributed by atoms with Crippen LogP contribution in [-0.2, 0) is 0 Å². The lowest BCUT2D eigenvalue weighted by Crippen LogP contribution is -2.14. The maximum atomic E-state index is 5.61. The van der Waals surface area contributed by atoms with E-state index in [0.717, 1.165) is 22.8 Å². The Morgan fingerprint density at radius 2 is 1.76 bits per heavy atom. The van der Waals surface area contributed by atoms with Gasteiger partial charge in [-0.25, -0.2) is 15.0 Å². The predicted octanol–water partition coefficient (Wildman–Crippen LogP) is 3.09. The van der Waals surface area contributed by atoms with E-state index in [-0.39, 0.29) is 5.88 Å². The quantitative estimate of drug-likeness (QED) is 0.535. The Balaban J connectivity index is 2.25. The average Bonchev–Trinajstić information content (AvgIpc) is 2.46. The normalized spacial score (nSPS) is 11.5. The lowest BCUT2D eigenvalue weighted by molar-refractivity contribution is 0.987. The second kappa shape index (κ2) is 6.54. The molecular formula is C15H18ClN5. The molecule has 6 heteroatoms. The molecule has 0 amide bonds. The molecule has 0 atom stereocenters. The van der Waals surface area contributed by atoms with Gasteiger partial charge in [-0.2, -0.15) is 0 Å². The van der Waals surface area contributed by atoms with Crippen LogP contribution >= 0.6 is 11.6 Å². The van der Waals surface area contributed by atoms with E-state index < -0.39 is 0 Å². The largest absolute Gasteiger partial charge is 0.386 e. The van der Waals surface area contributed by atoms with Crippen LogP contribution < -0.4 is 10.6 Å². The topological polar surface area (TPSA) is 67.4 Å². The van der Waals surface area contributed by atoms with Crippen molar-refractivity contribution >= 4 is 34.8 Å². The SMILES string of the molecule is Cc1cc(C)nc(N(C)c2ccc(N=C(N)CCl)cc2)n1. The minimum absolute atomic E-state index is 0.220. The lowest BCUT2D eigenvalue weighted by atomic mass is 10.2. The van der Waals surface area contributed by atoms with Crippen LogP contribution in [-0.4, -0.2) is 28.7 Å². The predicted molar refractivity (Wildman–Crippen MR) is 88.0 cm³/mol. The van der Waals surface area contributed by atoms with Crippen LogP contribution in [0.1, 0.15) is 11.4 Å². The molecule has 0 radical (unpaired) electrons. The van der Waals surface area contributed by atoms with Crippen LogP contribution in [0.15, 0.2) is 35.3 Å². The van der Waals surface area contributed by atoms with Gasteiger partial charge in [0.15, 0.2) is 0 Å². The van der Waals surface area contributed by atoms with Gasteiger partial charge in [-0.05, 0) is 44.2 Å². The highest BCUT2D eigenvalue weighted by atomic mass is 35.5. The first-order valence-corrected chi connectivity index (χ1v) is 7.08. The van der Waals surface area contributed by atoms with Crippen molar-refractivity contribution in [3.63, 3.8) is 0 Å². The molecule has 2 aromatic rings. The van der Waals surface area contributed by atoms with Gasteiger partial charge < -0.3 is 10.6 Å². The van der Waals surface area contributed by atoms with E-state index >= 15 is 0 Å². The van der Waals surface area contributed by atoms with Gasteiger partial charge in [0.2, 0.25) is 5.95 Å². The van der Waals surface area contributed by atoms with E-state index in [1.54, 1.807) is 0 Å². The van der Waals surface area contributed by atoms with Gasteiger partial charge in [0.05, 0.1) is 11.6 Å².